The summed E-state index contributed by atoms with van der Waals surface area (Å²) in [7, 11) is 1.92. The predicted octanol–water partition coefficient (Wildman–Crippen LogP) is 0.842. The third-order valence-corrected chi connectivity index (χ3v) is 2.79. The van der Waals surface area contributed by atoms with Crippen LogP contribution in [0.15, 0.2) is 0 Å². The minimum Gasteiger partial charge on any atom is -0.481 e. The van der Waals surface area contributed by atoms with Gasteiger partial charge in [-0.2, -0.15) is 0 Å². The van der Waals surface area contributed by atoms with Gasteiger partial charge in [0.05, 0.1) is 6.54 Å². The highest BCUT2D eigenvalue weighted by molar-refractivity contribution is 5.78. The molecule has 0 saturated heterocycles. The van der Waals surface area contributed by atoms with Gasteiger partial charge in [-0.05, 0) is 39.3 Å². The first-order chi connectivity index (χ1) is 8.08. The molecule has 98 valence electrons. The molecule has 0 bridgehead atoms. The quantitative estimate of drug-likeness (QED) is 0.588. The highest BCUT2D eigenvalue weighted by Gasteiger charge is 2.23. The van der Waals surface area contributed by atoms with Gasteiger partial charge in [0.15, 0.2) is 0 Å². The van der Waals surface area contributed by atoms with E-state index < -0.39 is 5.97 Å². The zero-order valence-corrected chi connectivity index (χ0v) is 10.4. The Kier molecular flexibility index (Phi) is 5.97. The van der Waals surface area contributed by atoms with Crippen LogP contribution in [0.1, 0.15) is 38.5 Å². The molecule has 1 saturated carbocycles. The van der Waals surface area contributed by atoms with E-state index in [0.29, 0.717) is 12.6 Å². The minimum absolute atomic E-state index is 0.0977. The van der Waals surface area contributed by atoms with E-state index in [1.165, 1.54) is 0 Å². The lowest BCUT2D eigenvalue weighted by Gasteiger charge is -2.15. The molecule has 5 heteroatoms. The second-order valence-corrected chi connectivity index (χ2v) is 4.78. The van der Waals surface area contributed by atoms with Gasteiger partial charge in [0.2, 0.25) is 5.91 Å². The van der Waals surface area contributed by atoms with Crippen LogP contribution in [0, 0.1) is 0 Å². The number of hydrogen-bond donors (Lipinski definition) is 2. The topological polar surface area (TPSA) is 69.6 Å². The number of carbonyl (C=O) groups excluding carboxylic acids is 1. The van der Waals surface area contributed by atoms with Gasteiger partial charge in [-0.25, -0.2) is 0 Å². The monoisotopic (exact) mass is 242 g/mol. The number of nitrogens with zero attached hydrogens (tertiary/aromatic N) is 1. The van der Waals surface area contributed by atoms with Crippen molar-refractivity contribution < 1.29 is 14.7 Å². The highest BCUT2D eigenvalue weighted by atomic mass is 16.4. The minimum atomic E-state index is -0.734. The Morgan fingerprint density at radius 1 is 1.29 bits per heavy atom. The first-order valence-corrected chi connectivity index (χ1v) is 6.27. The number of carbonyl (C=O) groups is 2. The SMILES string of the molecule is CN(CCCCCC(=O)O)CC(=O)NC1CC1. The Balaban J connectivity index is 1.94. The third kappa shape index (κ3) is 7.74. The zero-order chi connectivity index (χ0) is 12.7. The molecular formula is C12H22N2O3. The Morgan fingerprint density at radius 2 is 2.00 bits per heavy atom. The lowest BCUT2D eigenvalue weighted by molar-refractivity contribution is -0.137. The molecule has 0 unspecified atom stereocenters. The van der Waals surface area contributed by atoms with Crippen LogP contribution in [-0.2, 0) is 9.59 Å². The maximum atomic E-state index is 11.5. The standard InChI is InChI=1S/C12H22N2O3/c1-14(8-4-2-3-5-12(16)17)9-11(15)13-10-6-7-10/h10H,2-9H2,1H3,(H,13,15)(H,16,17). The highest BCUT2D eigenvalue weighted by Crippen LogP contribution is 2.18. The molecule has 0 aliphatic heterocycles. The van der Waals surface area contributed by atoms with Gasteiger partial charge in [-0.1, -0.05) is 6.42 Å². The maximum Gasteiger partial charge on any atom is 0.303 e. The van der Waals surface area contributed by atoms with Gasteiger partial charge in [0.25, 0.3) is 0 Å². The number of nitrogens with one attached hydrogen (secondary N) is 1. The van der Waals surface area contributed by atoms with Crippen LogP contribution in [0.3, 0.4) is 0 Å². The van der Waals surface area contributed by atoms with Crippen LogP contribution in [0.4, 0.5) is 0 Å². The molecule has 0 aromatic heterocycles. The molecule has 1 amide bonds. The number of unbranched alkanes of at least 4 members (excludes halogenated alkanes) is 2. The largest absolute Gasteiger partial charge is 0.481 e. The van der Waals surface area contributed by atoms with Crippen molar-refractivity contribution in [3.05, 3.63) is 0 Å². The van der Waals surface area contributed by atoms with E-state index in [-0.39, 0.29) is 12.3 Å². The first-order valence-electron chi connectivity index (χ1n) is 6.27. The normalized spacial score (nSPS) is 14.9. The first kappa shape index (κ1) is 14.0. The molecule has 5 nitrogen and oxygen atoms in total. The van der Waals surface area contributed by atoms with E-state index in [9.17, 15) is 9.59 Å². The van der Waals surface area contributed by atoms with E-state index in [1.807, 2.05) is 11.9 Å². The number of aliphatic carboxylic acids is 1. The number of rotatable bonds is 9. The summed E-state index contributed by atoms with van der Waals surface area (Å²) in [6, 6.07) is 0.423. The molecule has 1 fully saturated rings. The summed E-state index contributed by atoms with van der Waals surface area (Å²) in [6.45, 7) is 1.28. The van der Waals surface area contributed by atoms with Crippen molar-refractivity contribution in [3.8, 4) is 0 Å². The molecule has 2 N–H and O–H groups in total. The average molecular weight is 242 g/mol. The molecule has 1 aliphatic rings. The number of likely N-dealkylation sites (N-methyl/N-ethyl adjacent to an activating group) is 1. The fourth-order valence-electron chi connectivity index (χ4n) is 1.66. The summed E-state index contributed by atoms with van der Waals surface area (Å²) < 4.78 is 0. The van der Waals surface area contributed by atoms with Gasteiger partial charge in [-0.15, -0.1) is 0 Å². The van der Waals surface area contributed by atoms with Crippen LogP contribution in [0.5, 0.6) is 0 Å². The van der Waals surface area contributed by atoms with E-state index in [0.717, 1.165) is 38.6 Å². The van der Waals surface area contributed by atoms with Crippen LogP contribution in [-0.4, -0.2) is 48.1 Å². The molecule has 17 heavy (non-hydrogen) atoms. The van der Waals surface area contributed by atoms with Crippen molar-refractivity contribution >= 4 is 11.9 Å². The molecule has 0 aromatic carbocycles. The van der Waals surface area contributed by atoms with E-state index in [2.05, 4.69) is 5.32 Å². The lowest BCUT2D eigenvalue weighted by atomic mass is 10.2. The van der Waals surface area contributed by atoms with E-state index in [4.69, 9.17) is 5.11 Å². The van der Waals surface area contributed by atoms with Gasteiger partial charge in [0, 0.05) is 12.5 Å². The smallest absolute Gasteiger partial charge is 0.303 e. The fraction of sp³-hybridized carbons (Fsp3) is 0.833. The molecular weight excluding hydrogens is 220 g/mol. The zero-order valence-electron chi connectivity index (χ0n) is 10.4. The van der Waals surface area contributed by atoms with Crippen molar-refractivity contribution in [1.82, 2.24) is 10.2 Å². The van der Waals surface area contributed by atoms with Crippen molar-refractivity contribution in [1.29, 1.82) is 0 Å². The molecule has 1 aliphatic carbocycles. The summed E-state index contributed by atoms with van der Waals surface area (Å²) in [5.41, 5.74) is 0. The van der Waals surface area contributed by atoms with Gasteiger partial charge in [0.1, 0.15) is 0 Å². The summed E-state index contributed by atoms with van der Waals surface area (Å²) in [4.78, 5) is 23.7. The number of amides is 1. The van der Waals surface area contributed by atoms with Crippen LogP contribution < -0.4 is 5.32 Å². The second kappa shape index (κ2) is 7.27. The summed E-state index contributed by atoms with van der Waals surface area (Å²) >= 11 is 0. The number of carboxylic acids is 1. The summed E-state index contributed by atoms with van der Waals surface area (Å²) in [5.74, 6) is -0.636. The Morgan fingerprint density at radius 3 is 2.59 bits per heavy atom. The van der Waals surface area contributed by atoms with Crippen LogP contribution >= 0.6 is 0 Å². The maximum absolute atomic E-state index is 11.5. The molecule has 0 spiro atoms. The van der Waals surface area contributed by atoms with Crippen molar-refractivity contribution in [2.75, 3.05) is 20.1 Å². The molecule has 0 aromatic rings. The van der Waals surface area contributed by atoms with Crippen molar-refractivity contribution in [3.63, 3.8) is 0 Å². The molecule has 0 radical (unpaired) electrons. The molecule has 0 atom stereocenters. The Hall–Kier alpha value is -1.10. The summed E-state index contributed by atoms with van der Waals surface area (Å²) in [6.07, 6.45) is 5.04. The Labute approximate surface area is 102 Å². The number of carboxylic acid groups (broad SMARTS) is 1. The van der Waals surface area contributed by atoms with Gasteiger partial charge < -0.3 is 10.4 Å². The molecule has 1 rings (SSSR count). The second-order valence-electron chi connectivity index (χ2n) is 4.78. The van der Waals surface area contributed by atoms with Gasteiger partial charge >= 0.3 is 5.97 Å². The number of hydrogen-bond acceptors (Lipinski definition) is 3. The van der Waals surface area contributed by atoms with Crippen molar-refractivity contribution in [2.24, 2.45) is 0 Å². The lowest BCUT2D eigenvalue weighted by Crippen LogP contribution is -2.36. The van der Waals surface area contributed by atoms with Crippen molar-refractivity contribution in [2.45, 2.75) is 44.6 Å². The third-order valence-electron chi connectivity index (χ3n) is 2.79. The van der Waals surface area contributed by atoms with Crippen LogP contribution in [0.2, 0.25) is 0 Å². The average Bonchev–Trinajstić information content (AvgIpc) is 3.00. The molecule has 0 heterocycles. The van der Waals surface area contributed by atoms with E-state index >= 15 is 0 Å². The summed E-state index contributed by atoms with van der Waals surface area (Å²) in [5, 5.41) is 11.4. The van der Waals surface area contributed by atoms with E-state index in [1.54, 1.807) is 0 Å². The predicted molar refractivity (Wildman–Crippen MR) is 64.8 cm³/mol. The van der Waals surface area contributed by atoms with Crippen LogP contribution in [0.25, 0.3) is 0 Å². The fourth-order valence-corrected chi connectivity index (χ4v) is 1.66. The van der Waals surface area contributed by atoms with Gasteiger partial charge in [-0.3, -0.25) is 14.5 Å². The Bertz CT molecular complexity index is 264.